The van der Waals surface area contributed by atoms with Gasteiger partial charge < -0.3 is 14.8 Å². The maximum atomic E-state index is 12.7. The highest BCUT2D eigenvalue weighted by atomic mass is 35.5. The van der Waals surface area contributed by atoms with Crippen LogP contribution >= 0.6 is 11.6 Å². The number of halogens is 1. The predicted octanol–water partition coefficient (Wildman–Crippen LogP) is 6.03. The van der Waals surface area contributed by atoms with Crippen molar-refractivity contribution in [3.8, 4) is 11.3 Å². The zero-order valence-electron chi connectivity index (χ0n) is 19.6. The number of hydrogen-bond donors (Lipinski definition) is 1. The SMILES string of the molecule is CCCCCC(CNC(=O)OC(C)(C)C)n1nc(-c2ccc(Cl)cc2)cc1C(=O)OCC. The van der Waals surface area contributed by atoms with Gasteiger partial charge in [0.25, 0.3) is 0 Å². The largest absolute Gasteiger partial charge is 0.461 e. The number of nitrogens with zero attached hydrogens (tertiary/aromatic N) is 2. The van der Waals surface area contributed by atoms with Gasteiger partial charge in [-0.25, -0.2) is 9.59 Å². The van der Waals surface area contributed by atoms with E-state index < -0.39 is 17.7 Å². The van der Waals surface area contributed by atoms with Crippen LogP contribution in [0, 0.1) is 0 Å². The molecule has 0 saturated heterocycles. The molecule has 0 saturated carbocycles. The van der Waals surface area contributed by atoms with Crippen molar-refractivity contribution in [1.29, 1.82) is 0 Å². The van der Waals surface area contributed by atoms with Crippen molar-refractivity contribution in [3.63, 3.8) is 0 Å². The third-order valence-corrected chi connectivity index (χ3v) is 4.98. The number of carbonyl (C=O) groups excluding carboxylic acids is 2. The van der Waals surface area contributed by atoms with Crippen molar-refractivity contribution in [1.82, 2.24) is 15.1 Å². The number of rotatable bonds is 10. The van der Waals surface area contributed by atoms with Gasteiger partial charge in [0.15, 0.2) is 0 Å². The summed E-state index contributed by atoms with van der Waals surface area (Å²) in [6.45, 7) is 9.89. The van der Waals surface area contributed by atoms with Crippen LogP contribution in [-0.4, -0.2) is 40.6 Å². The highest BCUT2D eigenvalue weighted by Crippen LogP contribution is 2.26. The fourth-order valence-electron chi connectivity index (χ4n) is 3.25. The van der Waals surface area contributed by atoms with Gasteiger partial charge in [-0.3, -0.25) is 4.68 Å². The second-order valence-corrected chi connectivity index (χ2v) is 9.06. The van der Waals surface area contributed by atoms with Crippen LogP contribution < -0.4 is 5.32 Å². The molecule has 2 rings (SSSR count). The summed E-state index contributed by atoms with van der Waals surface area (Å²) in [5, 5.41) is 8.18. The summed E-state index contributed by atoms with van der Waals surface area (Å²) in [5.41, 5.74) is 1.24. The van der Waals surface area contributed by atoms with Crippen LogP contribution in [0.1, 0.15) is 76.8 Å². The van der Waals surface area contributed by atoms with Crippen LogP contribution in [0.5, 0.6) is 0 Å². The first kappa shape index (κ1) is 25.7. The van der Waals surface area contributed by atoms with E-state index in [2.05, 4.69) is 12.2 Å². The number of ether oxygens (including phenoxy) is 2. The summed E-state index contributed by atoms with van der Waals surface area (Å²) in [6.07, 6.45) is 3.29. The number of alkyl carbamates (subject to hydrolysis) is 1. The van der Waals surface area contributed by atoms with Crippen LogP contribution in [0.2, 0.25) is 5.02 Å². The number of benzene rings is 1. The Morgan fingerprint density at radius 3 is 2.44 bits per heavy atom. The molecule has 1 amide bonds. The van der Waals surface area contributed by atoms with E-state index in [1.165, 1.54) is 0 Å². The normalized spacial score (nSPS) is 12.3. The summed E-state index contributed by atoms with van der Waals surface area (Å²) in [6, 6.07) is 8.77. The Hall–Kier alpha value is -2.54. The Morgan fingerprint density at radius 2 is 1.84 bits per heavy atom. The van der Waals surface area contributed by atoms with Gasteiger partial charge in [0.05, 0.1) is 18.3 Å². The number of amides is 1. The minimum Gasteiger partial charge on any atom is -0.461 e. The molecule has 2 aromatic rings. The average molecular weight is 464 g/mol. The lowest BCUT2D eigenvalue weighted by molar-refractivity contribution is 0.0505. The molecule has 0 aliphatic heterocycles. The van der Waals surface area contributed by atoms with Gasteiger partial charge in [-0.15, -0.1) is 0 Å². The van der Waals surface area contributed by atoms with Crippen molar-refractivity contribution in [2.24, 2.45) is 0 Å². The molecule has 32 heavy (non-hydrogen) atoms. The van der Waals surface area contributed by atoms with Gasteiger partial charge in [0.2, 0.25) is 0 Å². The molecule has 1 N–H and O–H groups in total. The van der Waals surface area contributed by atoms with Gasteiger partial charge in [-0.05, 0) is 52.3 Å². The molecule has 0 spiro atoms. The zero-order chi connectivity index (χ0) is 23.7. The molecule has 1 aromatic carbocycles. The molecule has 1 aromatic heterocycles. The molecule has 0 aliphatic carbocycles. The number of nitrogens with one attached hydrogen (secondary N) is 1. The van der Waals surface area contributed by atoms with Crippen molar-refractivity contribution in [3.05, 3.63) is 41.0 Å². The number of aromatic nitrogens is 2. The monoisotopic (exact) mass is 463 g/mol. The lowest BCUT2D eigenvalue weighted by atomic mass is 10.1. The zero-order valence-corrected chi connectivity index (χ0v) is 20.4. The molecule has 8 heteroatoms. The summed E-state index contributed by atoms with van der Waals surface area (Å²) < 4.78 is 12.3. The summed E-state index contributed by atoms with van der Waals surface area (Å²) in [7, 11) is 0. The highest BCUT2D eigenvalue weighted by Gasteiger charge is 2.24. The highest BCUT2D eigenvalue weighted by molar-refractivity contribution is 6.30. The Bertz CT molecular complexity index is 888. The second-order valence-electron chi connectivity index (χ2n) is 8.62. The van der Waals surface area contributed by atoms with Gasteiger partial charge in [-0.1, -0.05) is 49.9 Å². The van der Waals surface area contributed by atoms with E-state index in [0.29, 0.717) is 16.4 Å². The number of hydrogen-bond acceptors (Lipinski definition) is 5. The van der Waals surface area contributed by atoms with Crippen molar-refractivity contribution < 1.29 is 19.1 Å². The van der Waals surface area contributed by atoms with Crippen molar-refractivity contribution >= 4 is 23.7 Å². The Morgan fingerprint density at radius 1 is 1.16 bits per heavy atom. The van der Waals surface area contributed by atoms with Crippen LogP contribution in [-0.2, 0) is 9.47 Å². The smallest absolute Gasteiger partial charge is 0.407 e. The summed E-state index contributed by atoms with van der Waals surface area (Å²) in [5.74, 6) is -0.446. The topological polar surface area (TPSA) is 82.5 Å². The van der Waals surface area contributed by atoms with E-state index in [0.717, 1.165) is 31.2 Å². The van der Waals surface area contributed by atoms with Crippen LogP contribution in [0.15, 0.2) is 30.3 Å². The van der Waals surface area contributed by atoms with Gasteiger partial charge in [0.1, 0.15) is 11.3 Å². The van der Waals surface area contributed by atoms with Crippen LogP contribution in [0.4, 0.5) is 4.79 Å². The standard InChI is InChI=1S/C24H34ClN3O4/c1-6-8-9-10-19(16-26-23(30)32-24(3,4)5)28-21(22(29)31-7-2)15-20(27-28)17-11-13-18(25)14-12-17/h11-15,19H,6-10,16H2,1-5H3,(H,26,30). The lowest BCUT2D eigenvalue weighted by Crippen LogP contribution is -2.36. The third kappa shape index (κ3) is 7.86. The molecule has 1 unspecified atom stereocenters. The molecule has 0 radical (unpaired) electrons. The minimum absolute atomic E-state index is 0.227. The summed E-state index contributed by atoms with van der Waals surface area (Å²) >= 11 is 6.01. The maximum Gasteiger partial charge on any atom is 0.407 e. The summed E-state index contributed by atoms with van der Waals surface area (Å²) in [4.78, 5) is 24.9. The van der Waals surface area contributed by atoms with Crippen molar-refractivity contribution in [2.45, 2.75) is 71.9 Å². The molecule has 1 atom stereocenters. The first-order valence-corrected chi connectivity index (χ1v) is 11.5. The molecule has 1 heterocycles. The van der Waals surface area contributed by atoms with Gasteiger partial charge in [-0.2, -0.15) is 5.10 Å². The quantitative estimate of drug-likeness (QED) is 0.343. The number of unbranched alkanes of at least 4 members (excludes halogenated alkanes) is 2. The minimum atomic E-state index is -0.592. The molecule has 7 nitrogen and oxygen atoms in total. The van der Waals surface area contributed by atoms with Gasteiger partial charge in [0, 0.05) is 17.1 Å². The average Bonchev–Trinajstić information content (AvgIpc) is 3.15. The lowest BCUT2D eigenvalue weighted by Gasteiger charge is -2.23. The Labute approximate surface area is 195 Å². The third-order valence-electron chi connectivity index (χ3n) is 4.73. The maximum absolute atomic E-state index is 12.7. The fraction of sp³-hybridized carbons (Fsp3) is 0.542. The van der Waals surface area contributed by atoms with E-state index in [1.807, 2.05) is 32.9 Å². The van der Waals surface area contributed by atoms with Crippen molar-refractivity contribution in [2.75, 3.05) is 13.2 Å². The van der Waals surface area contributed by atoms with E-state index in [9.17, 15) is 9.59 Å². The van der Waals surface area contributed by atoms with Crippen LogP contribution in [0.25, 0.3) is 11.3 Å². The van der Waals surface area contributed by atoms with E-state index >= 15 is 0 Å². The van der Waals surface area contributed by atoms with Gasteiger partial charge >= 0.3 is 12.1 Å². The Balaban J connectivity index is 2.36. The molecular formula is C24H34ClN3O4. The van der Waals surface area contributed by atoms with E-state index in [1.54, 1.807) is 29.8 Å². The predicted molar refractivity (Wildman–Crippen MR) is 126 cm³/mol. The second kappa shape index (κ2) is 11.9. The van der Waals surface area contributed by atoms with E-state index in [-0.39, 0.29) is 19.2 Å². The van der Waals surface area contributed by atoms with Crippen LogP contribution in [0.3, 0.4) is 0 Å². The first-order chi connectivity index (χ1) is 15.1. The fourth-order valence-corrected chi connectivity index (χ4v) is 3.37. The molecule has 176 valence electrons. The van der Waals surface area contributed by atoms with E-state index in [4.69, 9.17) is 26.2 Å². The number of carbonyl (C=O) groups is 2. The molecule has 0 aliphatic rings. The first-order valence-electron chi connectivity index (χ1n) is 11.1. The Kier molecular flexibility index (Phi) is 9.57. The number of esters is 1. The molecule has 0 fully saturated rings. The molecule has 0 bridgehead atoms. The molecular weight excluding hydrogens is 430 g/mol.